The Balaban J connectivity index is 1.99. The van der Waals surface area contributed by atoms with Crippen LogP contribution in [0.15, 0.2) is 0 Å². The minimum Gasteiger partial charge on any atom is -0.314 e. The number of rotatable bonds is 3. The molecule has 2 fully saturated rings. The van der Waals surface area contributed by atoms with E-state index in [1.54, 1.807) is 4.31 Å². The van der Waals surface area contributed by atoms with E-state index in [1.165, 1.54) is 12.8 Å². The molecule has 1 aliphatic heterocycles. The van der Waals surface area contributed by atoms with E-state index in [0.29, 0.717) is 18.2 Å². The van der Waals surface area contributed by atoms with Gasteiger partial charge in [0.15, 0.2) is 0 Å². The van der Waals surface area contributed by atoms with Crippen molar-refractivity contribution in [1.29, 1.82) is 0 Å². The molecule has 1 saturated carbocycles. The lowest BCUT2D eigenvalue weighted by atomic mass is 10.1. The zero-order valence-electron chi connectivity index (χ0n) is 9.98. The van der Waals surface area contributed by atoms with E-state index in [9.17, 15) is 8.42 Å². The third-order valence-electron chi connectivity index (χ3n) is 3.72. The molecule has 0 amide bonds. The first-order valence-corrected chi connectivity index (χ1v) is 7.91. The molecule has 2 rings (SSSR count). The number of hydrogen-bond acceptors (Lipinski definition) is 3. The lowest BCUT2D eigenvalue weighted by molar-refractivity contribution is 0.282. The lowest BCUT2D eigenvalue weighted by Crippen LogP contribution is -2.53. The maximum Gasteiger partial charge on any atom is 0.214 e. The quantitative estimate of drug-likeness (QED) is 0.801. The van der Waals surface area contributed by atoms with Gasteiger partial charge < -0.3 is 5.32 Å². The predicted octanol–water partition coefficient (Wildman–Crippen LogP) is 0.800. The summed E-state index contributed by atoms with van der Waals surface area (Å²) in [5.74, 6) is 0.782. The summed E-state index contributed by atoms with van der Waals surface area (Å²) in [5.41, 5.74) is 0. The highest BCUT2D eigenvalue weighted by atomic mass is 32.2. The molecule has 0 spiro atoms. The fraction of sp³-hybridized carbons (Fsp3) is 1.00. The highest BCUT2D eigenvalue weighted by Crippen LogP contribution is 2.27. The molecular weight excluding hydrogens is 224 g/mol. The van der Waals surface area contributed by atoms with Crippen LogP contribution in [-0.4, -0.2) is 44.2 Å². The van der Waals surface area contributed by atoms with E-state index in [-0.39, 0.29) is 6.04 Å². The molecule has 0 unspecified atom stereocenters. The van der Waals surface area contributed by atoms with E-state index < -0.39 is 10.0 Å². The molecule has 0 aromatic rings. The second-order valence-corrected chi connectivity index (χ2v) is 7.06. The summed E-state index contributed by atoms with van der Waals surface area (Å²) in [4.78, 5) is 0. The zero-order valence-corrected chi connectivity index (χ0v) is 10.8. The van der Waals surface area contributed by atoms with E-state index in [1.807, 2.05) is 6.92 Å². The Labute approximate surface area is 98.4 Å². The summed E-state index contributed by atoms with van der Waals surface area (Å²) in [6.45, 7) is 4.19. The first-order chi connectivity index (χ1) is 7.59. The molecule has 0 bridgehead atoms. The average molecular weight is 246 g/mol. The monoisotopic (exact) mass is 246 g/mol. The molecule has 5 heteroatoms. The third-order valence-corrected chi connectivity index (χ3v) is 5.87. The van der Waals surface area contributed by atoms with Gasteiger partial charge >= 0.3 is 0 Å². The van der Waals surface area contributed by atoms with Crippen LogP contribution in [0.2, 0.25) is 0 Å². The van der Waals surface area contributed by atoms with Crippen LogP contribution in [0.1, 0.15) is 32.6 Å². The van der Waals surface area contributed by atoms with Crippen molar-refractivity contribution in [2.45, 2.75) is 38.6 Å². The molecular formula is C11H22N2O2S. The molecule has 0 radical (unpaired) electrons. The van der Waals surface area contributed by atoms with Gasteiger partial charge in [-0.05, 0) is 25.7 Å². The van der Waals surface area contributed by atoms with Gasteiger partial charge in [0.2, 0.25) is 10.0 Å². The first kappa shape index (κ1) is 12.3. The molecule has 4 nitrogen and oxygen atoms in total. The number of piperazine rings is 1. The van der Waals surface area contributed by atoms with Crippen molar-refractivity contribution in [1.82, 2.24) is 9.62 Å². The highest BCUT2D eigenvalue weighted by molar-refractivity contribution is 7.89. The van der Waals surface area contributed by atoms with Gasteiger partial charge in [0, 0.05) is 25.7 Å². The number of nitrogens with zero attached hydrogens (tertiary/aromatic N) is 1. The Kier molecular flexibility index (Phi) is 3.87. The Morgan fingerprint density at radius 3 is 2.62 bits per heavy atom. The van der Waals surface area contributed by atoms with Crippen molar-refractivity contribution in [3.63, 3.8) is 0 Å². The molecule has 0 aromatic carbocycles. The van der Waals surface area contributed by atoms with Crippen molar-refractivity contribution in [2.75, 3.05) is 25.4 Å². The summed E-state index contributed by atoms with van der Waals surface area (Å²) >= 11 is 0. The average Bonchev–Trinajstić information content (AvgIpc) is 2.70. The summed E-state index contributed by atoms with van der Waals surface area (Å²) < 4.78 is 26.2. The summed E-state index contributed by atoms with van der Waals surface area (Å²) in [7, 11) is -3.02. The number of nitrogens with one attached hydrogen (secondary N) is 1. The van der Waals surface area contributed by atoms with E-state index in [2.05, 4.69) is 5.32 Å². The highest BCUT2D eigenvalue weighted by Gasteiger charge is 2.32. The van der Waals surface area contributed by atoms with Crippen LogP contribution in [0.3, 0.4) is 0 Å². The topological polar surface area (TPSA) is 49.4 Å². The molecule has 1 heterocycles. The van der Waals surface area contributed by atoms with Crippen LogP contribution in [0.5, 0.6) is 0 Å². The normalized spacial score (nSPS) is 29.7. The summed E-state index contributed by atoms with van der Waals surface area (Å²) in [6.07, 6.45) is 4.61. The molecule has 16 heavy (non-hydrogen) atoms. The summed E-state index contributed by atoms with van der Waals surface area (Å²) in [5, 5.41) is 3.22. The largest absolute Gasteiger partial charge is 0.314 e. The molecule has 0 aromatic heterocycles. The van der Waals surface area contributed by atoms with Crippen molar-refractivity contribution < 1.29 is 8.42 Å². The predicted molar refractivity (Wildman–Crippen MR) is 64.8 cm³/mol. The van der Waals surface area contributed by atoms with Crippen LogP contribution in [0.4, 0.5) is 0 Å². The Morgan fingerprint density at radius 2 is 2.00 bits per heavy atom. The fourth-order valence-electron chi connectivity index (χ4n) is 2.81. The fourth-order valence-corrected chi connectivity index (χ4v) is 4.92. The van der Waals surface area contributed by atoms with Gasteiger partial charge in [-0.25, -0.2) is 8.42 Å². The number of hydrogen-bond donors (Lipinski definition) is 1. The van der Waals surface area contributed by atoms with E-state index in [4.69, 9.17) is 0 Å². The maximum atomic E-state index is 12.3. The SMILES string of the molecule is C[C@@H]1CNCCN1S(=O)(=O)CC1CCCC1. The minimum absolute atomic E-state index is 0.111. The Hall–Kier alpha value is -0.130. The minimum atomic E-state index is -3.02. The van der Waals surface area contributed by atoms with Crippen LogP contribution >= 0.6 is 0 Å². The second kappa shape index (κ2) is 5.02. The first-order valence-electron chi connectivity index (χ1n) is 6.30. The van der Waals surface area contributed by atoms with Gasteiger partial charge in [-0.15, -0.1) is 0 Å². The second-order valence-electron chi connectivity index (χ2n) is 5.09. The Bertz CT molecular complexity index is 323. The van der Waals surface area contributed by atoms with Gasteiger partial charge in [0.05, 0.1) is 5.75 Å². The van der Waals surface area contributed by atoms with Gasteiger partial charge in [0.25, 0.3) is 0 Å². The van der Waals surface area contributed by atoms with Crippen LogP contribution in [0, 0.1) is 5.92 Å². The van der Waals surface area contributed by atoms with Crippen molar-refractivity contribution in [3.05, 3.63) is 0 Å². The van der Waals surface area contributed by atoms with Gasteiger partial charge in [-0.3, -0.25) is 0 Å². The molecule has 1 atom stereocenters. The van der Waals surface area contributed by atoms with Crippen molar-refractivity contribution in [2.24, 2.45) is 5.92 Å². The molecule has 2 aliphatic rings. The van der Waals surface area contributed by atoms with Crippen LogP contribution < -0.4 is 5.32 Å². The standard InChI is InChI=1S/C11H22N2O2S/c1-10-8-12-6-7-13(10)16(14,15)9-11-4-2-3-5-11/h10-12H,2-9H2,1H3/t10-/m1/s1. The smallest absolute Gasteiger partial charge is 0.214 e. The van der Waals surface area contributed by atoms with Crippen molar-refractivity contribution >= 4 is 10.0 Å². The molecule has 1 aliphatic carbocycles. The summed E-state index contributed by atoms with van der Waals surface area (Å²) in [6, 6.07) is 0.111. The van der Waals surface area contributed by atoms with E-state index >= 15 is 0 Å². The van der Waals surface area contributed by atoms with Crippen LogP contribution in [-0.2, 0) is 10.0 Å². The Morgan fingerprint density at radius 1 is 1.31 bits per heavy atom. The third kappa shape index (κ3) is 2.76. The lowest BCUT2D eigenvalue weighted by Gasteiger charge is -2.33. The number of sulfonamides is 1. The van der Waals surface area contributed by atoms with Gasteiger partial charge in [0.1, 0.15) is 0 Å². The maximum absolute atomic E-state index is 12.3. The molecule has 94 valence electrons. The molecule has 1 saturated heterocycles. The van der Waals surface area contributed by atoms with E-state index in [0.717, 1.165) is 25.9 Å². The van der Waals surface area contributed by atoms with Gasteiger partial charge in [-0.1, -0.05) is 12.8 Å². The van der Waals surface area contributed by atoms with Crippen molar-refractivity contribution in [3.8, 4) is 0 Å². The molecule has 1 N–H and O–H groups in total. The van der Waals surface area contributed by atoms with Crippen LogP contribution in [0.25, 0.3) is 0 Å². The zero-order chi connectivity index (χ0) is 11.6. The van der Waals surface area contributed by atoms with Gasteiger partial charge in [-0.2, -0.15) is 4.31 Å².